The lowest BCUT2D eigenvalue weighted by molar-refractivity contribution is 0.0910. The van der Waals surface area contributed by atoms with Crippen LogP contribution in [-0.4, -0.2) is 31.4 Å². The van der Waals surface area contributed by atoms with Gasteiger partial charge in [-0.3, -0.25) is 4.79 Å². The summed E-state index contributed by atoms with van der Waals surface area (Å²) in [5, 5.41) is 3.00. The summed E-state index contributed by atoms with van der Waals surface area (Å²) in [6, 6.07) is 19.9. The molecule has 0 aliphatic carbocycles. The minimum atomic E-state index is -0.237. The van der Waals surface area contributed by atoms with Crippen LogP contribution >= 0.6 is 0 Å². The number of amides is 1. The minimum Gasteiger partial charge on any atom is -0.489 e. The molecule has 0 aliphatic heterocycles. The Morgan fingerprint density at radius 3 is 2.45 bits per heavy atom. The summed E-state index contributed by atoms with van der Waals surface area (Å²) in [7, 11) is 4.02. The number of hydrogen-bond donors (Lipinski definition) is 1. The van der Waals surface area contributed by atoms with Crippen LogP contribution in [0.2, 0.25) is 0 Å². The van der Waals surface area contributed by atoms with Crippen LogP contribution < -0.4 is 10.1 Å². The quantitative estimate of drug-likeness (QED) is 0.584. The fraction of sp³-hybridized carbons (Fsp3) is 0.292. The van der Waals surface area contributed by atoms with Crippen molar-refractivity contribution in [1.29, 1.82) is 0 Å². The lowest BCUT2D eigenvalue weighted by Gasteiger charge is -2.25. The molecule has 152 valence electrons. The Morgan fingerprint density at radius 1 is 1.07 bits per heavy atom. The number of benzene rings is 2. The van der Waals surface area contributed by atoms with Gasteiger partial charge in [0.25, 0.3) is 5.91 Å². The number of aryl methyl sites for hydroxylation is 1. The van der Waals surface area contributed by atoms with Crippen molar-refractivity contribution in [1.82, 2.24) is 10.2 Å². The lowest BCUT2D eigenvalue weighted by atomic mass is 10.0. The SMILES string of the molecule is CCc1ccc(C(CNC(=O)c2occc2COc2ccccc2)N(C)C)cc1. The van der Waals surface area contributed by atoms with E-state index < -0.39 is 0 Å². The topological polar surface area (TPSA) is 54.7 Å². The largest absolute Gasteiger partial charge is 0.489 e. The first kappa shape index (κ1) is 20.7. The standard InChI is InChI=1S/C24H28N2O3/c1-4-18-10-12-19(13-11-18)22(26(2)3)16-25-24(27)23-20(14-15-28-23)17-29-21-8-6-5-7-9-21/h5-15,22H,4,16-17H2,1-3H3,(H,25,27). The summed E-state index contributed by atoms with van der Waals surface area (Å²) < 4.78 is 11.2. The number of ether oxygens (including phenoxy) is 1. The van der Waals surface area contributed by atoms with Crippen LogP contribution in [0.15, 0.2) is 71.3 Å². The van der Waals surface area contributed by atoms with Gasteiger partial charge in [-0.25, -0.2) is 0 Å². The van der Waals surface area contributed by atoms with Crippen LogP contribution in [0.3, 0.4) is 0 Å². The molecule has 1 heterocycles. The lowest BCUT2D eigenvalue weighted by Crippen LogP contribution is -2.34. The van der Waals surface area contributed by atoms with Gasteiger partial charge in [-0.2, -0.15) is 0 Å². The first-order chi connectivity index (χ1) is 14.1. The van der Waals surface area contributed by atoms with Crippen molar-refractivity contribution in [3.63, 3.8) is 0 Å². The summed E-state index contributed by atoms with van der Waals surface area (Å²) in [6.07, 6.45) is 2.53. The molecule has 0 bridgehead atoms. The van der Waals surface area contributed by atoms with Gasteiger partial charge < -0.3 is 19.4 Å². The second-order valence-corrected chi connectivity index (χ2v) is 7.16. The summed E-state index contributed by atoms with van der Waals surface area (Å²) in [5.74, 6) is 0.807. The molecule has 0 radical (unpaired) electrons. The zero-order valence-corrected chi connectivity index (χ0v) is 17.2. The van der Waals surface area contributed by atoms with Gasteiger partial charge in [-0.1, -0.05) is 49.4 Å². The van der Waals surface area contributed by atoms with Crippen molar-refractivity contribution >= 4 is 5.91 Å². The Hall–Kier alpha value is -3.05. The number of likely N-dealkylation sites (N-methyl/N-ethyl adjacent to an activating group) is 1. The van der Waals surface area contributed by atoms with Crippen LogP contribution in [-0.2, 0) is 13.0 Å². The maximum atomic E-state index is 12.7. The van der Waals surface area contributed by atoms with E-state index in [1.165, 1.54) is 17.4 Å². The Kier molecular flexibility index (Phi) is 7.09. The Morgan fingerprint density at radius 2 is 1.79 bits per heavy atom. The van der Waals surface area contributed by atoms with Crippen molar-refractivity contribution in [2.24, 2.45) is 0 Å². The zero-order chi connectivity index (χ0) is 20.6. The number of carbonyl (C=O) groups excluding carboxylic acids is 1. The number of nitrogens with zero attached hydrogens (tertiary/aromatic N) is 1. The molecule has 0 spiro atoms. The van der Waals surface area contributed by atoms with Crippen LogP contribution in [0.25, 0.3) is 0 Å². The summed E-state index contributed by atoms with van der Waals surface area (Å²) in [4.78, 5) is 14.8. The van der Waals surface area contributed by atoms with E-state index in [4.69, 9.17) is 9.15 Å². The number of carbonyl (C=O) groups is 1. The molecule has 0 aliphatic rings. The van der Waals surface area contributed by atoms with Crippen molar-refractivity contribution < 1.29 is 13.9 Å². The first-order valence-electron chi connectivity index (χ1n) is 9.86. The molecule has 29 heavy (non-hydrogen) atoms. The highest BCUT2D eigenvalue weighted by molar-refractivity contribution is 5.92. The molecule has 1 unspecified atom stereocenters. The average Bonchev–Trinajstić information content (AvgIpc) is 3.22. The van der Waals surface area contributed by atoms with E-state index in [9.17, 15) is 4.79 Å². The van der Waals surface area contributed by atoms with Gasteiger partial charge in [0.2, 0.25) is 0 Å². The molecule has 0 saturated heterocycles. The van der Waals surface area contributed by atoms with Crippen molar-refractivity contribution in [2.75, 3.05) is 20.6 Å². The third kappa shape index (κ3) is 5.48. The number of hydrogen-bond acceptors (Lipinski definition) is 4. The molecule has 1 atom stereocenters. The molecule has 5 heteroatoms. The highest BCUT2D eigenvalue weighted by Gasteiger charge is 2.19. The van der Waals surface area contributed by atoms with Crippen molar-refractivity contribution in [2.45, 2.75) is 26.0 Å². The number of nitrogens with one attached hydrogen (secondary N) is 1. The highest BCUT2D eigenvalue weighted by atomic mass is 16.5. The van der Waals surface area contributed by atoms with Crippen LogP contribution in [0.4, 0.5) is 0 Å². The highest BCUT2D eigenvalue weighted by Crippen LogP contribution is 2.20. The first-order valence-corrected chi connectivity index (χ1v) is 9.86. The van der Waals surface area contributed by atoms with E-state index >= 15 is 0 Å². The van der Waals surface area contributed by atoms with E-state index in [1.807, 2.05) is 44.4 Å². The summed E-state index contributed by atoms with van der Waals surface area (Å²) >= 11 is 0. The van der Waals surface area contributed by atoms with Gasteiger partial charge in [-0.05, 0) is 49.8 Å². The predicted molar refractivity (Wildman–Crippen MR) is 114 cm³/mol. The monoisotopic (exact) mass is 392 g/mol. The van der Waals surface area contributed by atoms with Gasteiger partial charge >= 0.3 is 0 Å². The second-order valence-electron chi connectivity index (χ2n) is 7.16. The van der Waals surface area contributed by atoms with Crippen molar-refractivity contribution in [3.8, 4) is 5.75 Å². The number of rotatable bonds is 9. The Bertz CT molecular complexity index is 901. The number of furan rings is 1. The molecular formula is C24H28N2O3. The third-order valence-electron chi connectivity index (χ3n) is 4.94. The van der Waals surface area contributed by atoms with E-state index in [1.54, 1.807) is 6.07 Å². The van der Waals surface area contributed by atoms with E-state index in [2.05, 4.69) is 41.4 Å². The molecular weight excluding hydrogens is 364 g/mol. The average molecular weight is 392 g/mol. The number of para-hydroxylation sites is 1. The zero-order valence-electron chi connectivity index (χ0n) is 17.2. The molecule has 0 fully saturated rings. The van der Waals surface area contributed by atoms with Crippen LogP contribution in [0.1, 0.15) is 40.2 Å². The van der Waals surface area contributed by atoms with E-state index in [-0.39, 0.29) is 18.6 Å². The molecule has 0 saturated carbocycles. The summed E-state index contributed by atoms with van der Waals surface area (Å²) in [6.45, 7) is 2.90. The smallest absolute Gasteiger partial charge is 0.287 e. The van der Waals surface area contributed by atoms with Crippen LogP contribution in [0, 0.1) is 0 Å². The fourth-order valence-corrected chi connectivity index (χ4v) is 3.17. The molecule has 2 aromatic carbocycles. The minimum absolute atomic E-state index is 0.0730. The molecule has 3 aromatic rings. The molecule has 1 N–H and O–H groups in total. The van der Waals surface area contributed by atoms with Gasteiger partial charge in [0.05, 0.1) is 12.3 Å². The normalized spacial score (nSPS) is 12.0. The van der Waals surface area contributed by atoms with E-state index in [0.717, 1.165) is 17.7 Å². The Balaban J connectivity index is 1.62. The Labute approximate surface area is 172 Å². The molecule has 1 aromatic heterocycles. The third-order valence-corrected chi connectivity index (χ3v) is 4.94. The molecule has 5 nitrogen and oxygen atoms in total. The maximum absolute atomic E-state index is 12.7. The second kappa shape index (κ2) is 9.94. The van der Waals surface area contributed by atoms with Crippen LogP contribution in [0.5, 0.6) is 5.75 Å². The fourth-order valence-electron chi connectivity index (χ4n) is 3.17. The maximum Gasteiger partial charge on any atom is 0.287 e. The van der Waals surface area contributed by atoms with Gasteiger partial charge in [0.15, 0.2) is 5.76 Å². The predicted octanol–water partition coefficient (Wildman–Crippen LogP) is 4.45. The molecule has 1 amide bonds. The summed E-state index contributed by atoms with van der Waals surface area (Å²) in [5.41, 5.74) is 3.19. The van der Waals surface area contributed by atoms with Crippen molar-refractivity contribution in [3.05, 3.63) is 89.4 Å². The van der Waals surface area contributed by atoms with Gasteiger partial charge in [0, 0.05) is 12.1 Å². The molecule has 3 rings (SSSR count). The van der Waals surface area contributed by atoms with Gasteiger partial charge in [-0.15, -0.1) is 0 Å². The van der Waals surface area contributed by atoms with E-state index in [0.29, 0.717) is 12.3 Å². The van der Waals surface area contributed by atoms with Gasteiger partial charge in [0.1, 0.15) is 12.4 Å².